The fraction of sp³-hybridized carbons (Fsp3) is 0.222. The molecule has 0 bridgehead atoms. The normalized spacial score (nSPS) is 12.1. The second-order valence-electron chi connectivity index (χ2n) is 3.32. The van der Waals surface area contributed by atoms with Gasteiger partial charge in [-0.3, -0.25) is 0 Å². The van der Waals surface area contributed by atoms with Gasteiger partial charge in [0.05, 0.1) is 23.1 Å². The van der Waals surface area contributed by atoms with Crippen molar-refractivity contribution in [2.75, 3.05) is 11.5 Å². The highest BCUT2D eigenvalue weighted by Gasteiger charge is 2.22. The van der Waals surface area contributed by atoms with Crippen molar-refractivity contribution in [2.24, 2.45) is 0 Å². The second-order valence-corrected chi connectivity index (χ2v) is 8.29. The van der Waals surface area contributed by atoms with E-state index in [0.717, 1.165) is 18.2 Å². The summed E-state index contributed by atoms with van der Waals surface area (Å²) in [6.07, 6.45) is 0. The summed E-state index contributed by atoms with van der Waals surface area (Å²) < 4.78 is 58.1. The first kappa shape index (κ1) is 14.9. The highest BCUT2D eigenvalue weighted by atomic mass is 35.7. The third kappa shape index (κ3) is 3.94. The molecule has 0 unspecified atom stereocenters. The van der Waals surface area contributed by atoms with Crippen molar-refractivity contribution in [3.63, 3.8) is 0 Å². The lowest BCUT2D eigenvalue weighted by Gasteiger charge is -2.04. The van der Waals surface area contributed by atoms with Crippen LogP contribution in [0.4, 0.5) is 4.39 Å². The van der Waals surface area contributed by atoms with Crippen LogP contribution in [0.3, 0.4) is 0 Å². The Hall–Kier alpha value is -1.17. The van der Waals surface area contributed by atoms with Crippen LogP contribution in [-0.4, -0.2) is 28.3 Å². The maximum Gasteiger partial charge on any atom is 0.233 e. The van der Waals surface area contributed by atoms with E-state index in [1.54, 1.807) is 6.07 Å². The molecule has 0 heterocycles. The molecule has 0 atom stereocenters. The summed E-state index contributed by atoms with van der Waals surface area (Å²) in [7, 11) is -3.18. The fourth-order valence-electron chi connectivity index (χ4n) is 1.14. The Morgan fingerprint density at radius 1 is 1.22 bits per heavy atom. The van der Waals surface area contributed by atoms with E-state index in [2.05, 4.69) is 0 Å². The first-order valence-corrected chi connectivity index (χ1v) is 8.63. The van der Waals surface area contributed by atoms with E-state index in [1.165, 1.54) is 0 Å². The minimum Gasteiger partial charge on any atom is -0.224 e. The molecule has 1 aromatic carbocycles. The van der Waals surface area contributed by atoms with Crippen LogP contribution in [0, 0.1) is 17.1 Å². The van der Waals surface area contributed by atoms with E-state index < -0.39 is 41.1 Å². The average molecular weight is 312 g/mol. The van der Waals surface area contributed by atoms with E-state index in [9.17, 15) is 21.2 Å². The summed E-state index contributed by atoms with van der Waals surface area (Å²) in [5.41, 5.74) is -0.0311. The zero-order chi connectivity index (χ0) is 14.0. The van der Waals surface area contributed by atoms with E-state index in [4.69, 9.17) is 15.9 Å². The lowest BCUT2D eigenvalue weighted by Crippen LogP contribution is -2.15. The highest BCUT2D eigenvalue weighted by molar-refractivity contribution is 8.14. The molecule has 18 heavy (non-hydrogen) atoms. The van der Waals surface area contributed by atoms with Crippen LogP contribution < -0.4 is 0 Å². The molecule has 0 aromatic heterocycles. The van der Waals surface area contributed by atoms with Crippen molar-refractivity contribution in [1.29, 1.82) is 5.26 Å². The molecular formula is C9H7ClFNO4S2. The Morgan fingerprint density at radius 3 is 2.28 bits per heavy atom. The molecule has 0 radical (unpaired) electrons. The summed E-state index contributed by atoms with van der Waals surface area (Å²) in [5, 5.41) is 8.50. The van der Waals surface area contributed by atoms with Crippen LogP contribution in [0.15, 0.2) is 23.1 Å². The first-order valence-electron chi connectivity index (χ1n) is 4.50. The zero-order valence-electron chi connectivity index (χ0n) is 8.80. The SMILES string of the molecule is N#Cc1ccc(S(=O)(=O)CCS(=O)(=O)Cl)c(F)c1. The molecule has 0 saturated heterocycles. The summed E-state index contributed by atoms with van der Waals surface area (Å²) in [6.45, 7) is 0. The monoisotopic (exact) mass is 311 g/mol. The van der Waals surface area contributed by atoms with Crippen LogP contribution >= 0.6 is 10.7 Å². The van der Waals surface area contributed by atoms with Crippen molar-refractivity contribution in [1.82, 2.24) is 0 Å². The molecule has 9 heteroatoms. The summed E-state index contributed by atoms with van der Waals surface area (Å²) >= 11 is 0. The molecule has 0 aliphatic carbocycles. The van der Waals surface area contributed by atoms with Gasteiger partial charge in [0, 0.05) is 10.7 Å². The molecule has 0 amide bonds. The van der Waals surface area contributed by atoms with E-state index in [-0.39, 0.29) is 5.56 Å². The molecule has 0 aliphatic heterocycles. The van der Waals surface area contributed by atoms with Gasteiger partial charge in [-0.05, 0) is 18.2 Å². The molecule has 0 fully saturated rings. The van der Waals surface area contributed by atoms with Crippen molar-refractivity contribution >= 4 is 29.6 Å². The largest absolute Gasteiger partial charge is 0.233 e. The molecule has 0 saturated carbocycles. The number of rotatable bonds is 4. The molecule has 1 rings (SSSR count). The molecule has 0 spiro atoms. The predicted molar refractivity (Wildman–Crippen MR) is 62.8 cm³/mol. The van der Waals surface area contributed by atoms with Crippen molar-refractivity contribution in [3.8, 4) is 6.07 Å². The third-order valence-corrected chi connectivity index (χ3v) is 5.15. The second kappa shape index (κ2) is 5.22. The number of nitrogens with zero attached hydrogens (tertiary/aromatic N) is 1. The molecule has 1 aromatic rings. The van der Waals surface area contributed by atoms with Gasteiger partial charge in [0.25, 0.3) is 0 Å². The van der Waals surface area contributed by atoms with Gasteiger partial charge in [0.15, 0.2) is 9.84 Å². The van der Waals surface area contributed by atoms with Crippen molar-refractivity contribution < 1.29 is 21.2 Å². The molecule has 5 nitrogen and oxygen atoms in total. The topological polar surface area (TPSA) is 92.1 Å². The number of benzene rings is 1. The fourth-order valence-corrected chi connectivity index (χ4v) is 4.23. The van der Waals surface area contributed by atoms with Gasteiger partial charge in [-0.1, -0.05) is 0 Å². The van der Waals surface area contributed by atoms with Crippen LogP contribution in [0.2, 0.25) is 0 Å². The minimum atomic E-state index is -4.10. The van der Waals surface area contributed by atoms with Gasteiger partial charge in [-0.2, -0.15) is 5.26 Å². The quantitative estimate of drug-likeness (QED) is 0.775. The Bertz CT molecular complexity index is 707. The average Bonchev–Trinajstić information content (AvgIpc) is 2.25. The van der Waals surface area contributed by atoms with Crippen molar-refractivity contribution in [3.05, 3.63) is 29.6 Å². The first-order chi connectivity index (χ1) is 8.15. The maximum absolute atomic E-state index is 13.4. The standard InChI is InChI=1S/C9H7ClFNO4S2/c10-18(15,16)4-3-17(13,14)9-2-1-7(6-12)5-8(9)11/h1-2,5H,3-4H2. The lowest BCUT2D eigenvalue weighted by atomic mass is 10.2. The maximum atomic E-state index is 13.4. The van der Waals surface area contributed by atoms with Gasteiger partial charge < -0.3 is 0 Å². The van der Waals surface area contributed by atoms with Crippen LogP contribution in [0.25, 0.3) is 0 Å². The molecule has 98 valence electrons. The number of hydrogen-bond acceptors (Lipinski definition) is 5. The van der Waals surface area contributed by atoms with Gasteiger partial charge in [-0.25, -0.2) is 21.2 Å². The smallest absolute Gasteiger partial charge is 0.224 e. The number of hydrogen-bond donors (Lipinski definition) is 0. The highest BCUT2D eigenvalue weighted by Crippen LogP contribution is 2.18. The van der Waals surface area contributed by atoms with Gasteiger partial charge in [0.1, 0.15) is 10.7 Å². The Kier molecular flexibility index (Phi) is 4.32. The Balaban J connectivity index is 3.11. The van der Waals surface area contributed by atoms with Crippen molar-refractivity contribution in [2.45, 2.75) is 4.90 Å². The summed E-state index contributed by atoms with van der Waals surface area (Å²) in [6, 6.07) is 4.47. The third-order valence-electron chi connectivity index (χ3n) is 1.99. The number of sulfone groups is 1. The van der Waals surface area contributed by atoms with Gasteiger partial charge in [0.2, 0.25) is 9.05 Å². The lowest BCUT2D eigenvalue weighted by molar-refractivity contribution is 0.566. The van der Waals surface area contributed by atoms with E-state index >= 15 is 0 Å². The van der Waals surface area contributed by atoms with E-state index in [0.29, 0.717) is 0 Å². The minimum absolute atomic E-state index is 0.0311. The molecule has 0 aliphatic rings. The predicted octanol–water partition coefficient (Wildman–Crippen LogP) is 1.04. The Labute approximate surface area is 108 Å². The zero-order valence-corrected chi connectivity index (χ0v) is 11.2. The van der Waals surface area contributed by atoms with Crippen LogP contribution in [-0.2, 0) is 18.9 Å². The molecular weight excluding hydrogens is 305 g/mol. The number of halogens is 2. The summed E-state index contributed by atoms with van der Waals surface area (Å²) in [5.74, 6) is -2.72. The molecule has 0 N–H and O–H groups in total. The number of nitriles is 1. The van der Waals surface area contributed by atoms with Crippen LogP contribution in [0.1, 0.15) is 5.56 Å². The van der Waals surface area contributed by atoms with E-state index in [1.807, 2.05) is 0 Å². The summed E-state index contributed by atoms with van der Waals surface area (Å²) in [4.78, 5) is -0.651. The van der Waals surface area contributed by atoms with Gasteiger partial charge in [-0.15, -0.1) is 0 Å². The van der Waals surface area contributed by atoms with Crippen LogP contribution in [0.5, 0.6) is 0 Å². The van der Waals surface area contributed by atoms with Gasteiger partial charge >= 0.3 is 0 Å². The Morgan fingerprint density at radius 2 is 1.83 bits per heavy atom.